The number of aliphatic hydroxyl groups excluding tert-OH is 1. The number of guanidine groups is 1. The highest BCUT2D eigenvalue weighted by Gasteiger charge is 2.41. The molecule has 75 heavy (non-hydrogen) atoms. The molecule has 0 radical (unpaired) electrons. The Bertz CT molecular complexity index is 2320. The van der Waals surface area contributed by atoms with E-state index in [1.54, 1.807) is 60.7 Å². The lowest BCUT2D eigenvalue weighted by molar-refractivity contribution is -0.145. The monoisotopic (exact) mass is 1050 g/mol. The lowest BCUT2D eigenvalue weighted by Crippen LogP contribution is -2.60. The minimum Gasteiger partial charge on any atom is -0.391 e. The normalized spacial score (nSPS) is 16.3. The lowest BCUT2D eigenvalue weighted by atomic mass is 9.98. The number of amides is 10. The zero-order chi connectivity index (χ0) is 55.9. The summed E-state index contributed by atoms with van der Waals surface area (Å²) in [6, 6.07) is 6.78. The molecule has 2 aromatic rings. The molecular weight excluding hydrogens is 973 g/mol. The summed E-state index contributed by atoms with van der Waals surface area (Å²) in [6.45, 7) is 5.02. The van der Waals surface area contributed by atoms with Gasteiger partial charge in [-0.05, 0) is 68.9 Å². The predicted molar refractivity (Wildman–Crippen MR) is 276 cm³/mol. The molecule has 0 unspecified atom stereocenters. The van der Waals surface area contributed by atoms with Gasteiger partial charge in [-0.3, -0.25) is 52.9 Å². The molecule has 1 saturated heterocycles. The second-order valence-corrected chi connectivity index (χ2v) is 19.1. The number of carbonyl (C=O) groups is 10. The third-order valence-corrected chi connectivity index (χ3v) is 12.5. The van der Waals surface area contributed by atoms with Crippen molar-refractivity contribution in [1.82, 2.24) is 36.4 Å². The Hall–Kier alpha value is -7.67. The highest BCUT2D eigenvalue weighted by atomic mass is 16.3. The van der Waals surface area contributed by atoms with E-state index in [2.05, 4.69) is 31.6 Å². The Morgan fingerprint density at radius 3 is 1.69 bits per heavy atom. The summed E-state index contributed by atoms with van der Waals surface area (Å²) < 4.78 is 0. The molecule has 25 nitrogen and oxygen atoms in total. The van der Waals surface area contributed by atoms with Gasteiger partial charge in [-0.15, -0.1) is 0 Å². The Kier molecular flexibility index (Phi) is 25.1. The summed E-state index contributed by atoms with van der Waals surface area (Å²) in [5, 5.41) is 23.0. The van der Waals surface area contributed by atoms with Crippen molar-refractivity contribution in [1.29, 1.82) is 0 Å². The molecule has 0 saturated carbocycles. The van der Waals surface area contributed by atoms with Gasteiger partial charge >= 0.3 is 0 Å². The van der Waals surface area contributed by atoms with Crippen LogP contribution in [0.15, 0.2) is 65.7 Å². The first-order chi connectivity index (χ1) is 35.4. The quantitative estimate of drug-likeness (QED) is 0.0199. The molecule has 0 aliphatic carbocycles. The minimum absolute atomic E-state index is 0.00291. The zero-order valence-electron chi connectivity index (χ0n) is 43.1. The van der Waals surface area contributed by atoms with Crippen LogP contribution >= 0.6 is 0 Å². The number of carbonyl (C=O) groups excluding carboxylic acids is 10. The largest absolute Gasteiger partial charge is 0.391 e. The van der Waals surface area contributed by atoms with E-state index in [9.17, 15) is 53.1 Å². The van der Waals surface area contributed by atoms with Gasteiger partial charge in [0.1, 0.15) is 48.3 Å². The number of benzene rings is 2. The minimum atomic E-state index is -1.50. The van der Waals surface area contributed by atoms with Crippen molar-refractivity contribution in [2.45, 2.75) is 146 Å². The van der Waals surface area contributed by atoms with E-state index in [0.717, 1.165) is 4.90 Å². The van der Waals surface area contributed by atoms with E-state index < -0.39 is 120 Å². The molecular formula is C50H76N14O11. The number of hydrogen-bond donors (Lipinski definition) is 12. The van der Waals surface area contributed by atoms with E-state index in [1.807, 2.05) is 13.8 Å². The molecule has 2 aromatic carbocycles. The number of rotatable bonds is 31. The van der Waals surface area contributed by atoms with E-state index in [4.69, 9.17) is 34.4 Å². The van der Waals surface area contributed by atoms with Crippen LogP contribution < -0.4 is 61.0 Å². The van der Waals surface area contributed by atoms with Crippen molar-refractivity contribution in [3.05, 3.63) is 71.8 Å². The lowest BCUT2D eigenvalue weighted by Gasteiger charge is -2.34. The number of aliphatic imine (C=N–C) groups is 1. The fraction of sp³-hybridized carbons (Fsp3) is 0.540. The van der Waals surface area contributed by atoms with Crippen LogP contribution in [0.2, 0.25) is 0 Å². The number of nitrogens with zero attached hydrogens (tertiary/aromatic N) is 3. The van der Waals surface area contributed by atoms with E-state index >= 15 is 0 Å². The maximum atomic E-state index is 14.6. The van der Waals surface area contributed by atoms with Gasteiger partial charge in [0.15, 0.2) is 5.96 Å². The van der Waals surface area contributed by atoms with Gasteiger partial charge in [0, 0.05) is 45.8 Å². The van der Waals surface area contributed by atoms with Gasteiger partial charge in [-0.1, -0.05) is 74.5 Å². The Morgan fingerprint density at radius 1 is 0.667 bits per heavy atom. The molecule has 3 rings (SSSR count). The Morgan fingerprint density at radius 2 is 1.17 bits per heavy atom. The van der Waals surface area contributed by atoms with Gasteiger partial charge < -0.3 is 75.9 Å². The SMILES string of the molecule is CC(C)C[C@@H](NC(=O)[C@@H](N)[C@@H](C)O)C(=O)N(C)[C@@H](Cc1ccccc1)C(=O)N[C@@H](CCC(N)=O)C(=O)N1CCC[C@H]1C(=O)N[C@@H](CCC(N)=O)C(=O)N[C@@H](CCCN=C(N)N)C(=O)N[C@@H](Cc1ccccc1)C(N)=O. The topological polar surface area (TPSA) is 426 Å². The average Bonchev–Trinajstić information content (AvgIpc) is 3.86. The van der Waals surface area contributed by atoms with Crippen LogP contribution in [0.25, 0.3) is 0 Å². The van der Waals surface area contributed by atoms with Gasteiger partial charge in [0.05, 0.1) is 6.10 Å². The zero-order valence-corrected chi connectivity index (χ0v) is 43.1. The van der Waals surface area contributed by atoms with Crippen LogP contribution in [0, 0.1) is 5.92 Å². The van der Waals surface area contributed by atoms with Crippen molar-refractivity contribution < 1.29 is 53.1 Å². The molecule has 0 spiro atoms. The fourth-order valence-corrected chi connectivity index (χ4v) is 8.35. The van der Waals surface area contributed by atoms with E-state index in [0.29, 0.717) is 11.1 Å². The summed E-state index contributed by atoms with van der Waals surface area (Å²) in [5.74, 6) is -8.45. The molecule has 18 N–H and O–H groups in total. The van der Waals surface area contributed by atoms with Crippen molar-refractivity contribution in [2.75, 3.05) is 20.1 Å². The van der Waals surface area contributed by atoms with Gasteiger partial charge in [-0.2, -0.15) is 0 Å². The van der Waals surface area contributed by atoms with Crippen LogP contribution in [0.5, 0.6) is 0 Å². The van der Waals surface area contributed by atoms with Gasteiger partial charge in [0.25, 0.3) is 0 Å². The number of hydrogen-bond acceptors (Lipinski definition) is 13. The summed E-state index contributed by atoms with van der Waals surface area (Å²) in [6.07, 6.45) is -2.09. The molecule has 0 aromatic heterocycles. The summed E-state index contributed by atoms with van der Waals surface area (Å²) in [7, 11) is 1.36. The highest BCUT2D eigenvalue weighted by Crippen LogP contribution is 2.22. The smallest absolute Gasteiger partial charge is 0.245 e. The Labute approximate surface area is 436 Å². The summed E-state index contributed by atoms with van der Waals surface area (Å²) >= 11 is 0. The predicted octanol–water partition coefficient (Wildman–Crippen LogP) is -3.46. The maximum absolute atomic E-state index is 14.6. The third-order valence-electron chi connectivity index (χ3n) is 12.5. The van der Waals surface area contributed by atoms with Crippen LogP contribution in [0.1, 0.15) is 89.7 Å². The number of nitrogens with two attached hydrogens (primary N) is 6. The van der Waals surface area contributed by atoms with Crippen LogP contribution in [0.4, 0.5) is 0 Å². The number of primary amides is 3. The third kappa shape index (κ3) is 20.6. The van der Waals surface area contributed by atoms with Crippen LogP contribution in [-0.2, 0) is 60.8 Å². The second kappa shape index (κ2) is 30.5. The first-order valence-electron chi connectivity index (χ1n) is 24.9. The van der Waals surface area contributed by atoms with E-state index in [1.165, 1.54) is 18.9 Å². The number of likely N-dealkylation sites (N-methyl/N-ethyl adjacent to an activating group) is 1. The van der Waals surface area contributed by atoms with Crippen molar-refractivity contribution in [3.63, 3.8) is 0 Å². The molecule has 1 aliphatic rings. The molecule has 1 aliphatic heterocycles. The first-order valence-corrected chi connectivity index (χ1v) is 24.9. The molecule has 9 atom stereocenters. The molecule has 412 valence electrons. The summed E-state index contributed by atoms with van der Waals surface area (Å²) in [5.41, 5.74) is 34.8. The molecule has 1 heterocycles. The number of likely N-dealkylation sites (tertiary alicyclic amines) is 1. The van der Waals surface area contributed by atoms with Crippen LogP contribution in [0.3, 0.4) is 0 Å². The molecule has 25 heteroatoms. The van der Waals surface area contributed by atoms with Crippen LogP contribution in [-0.4, -0.2) is 155 Å². The average molecular weight is 1050 g/mol. The van der Waals surface area contributed by atoms with Gasteiger partial charge in [0.2, 0.25) is 59.1 Å². The number of nitrogens with one attached hydrogen (secondary N) is 5. The maximum Gasteiger partial charge on any atom is 0.245 e. The first kappa shape index (κ1) is 61.6. The molecule has 10 amide bonds. The molecule has 0 bridgehead atoms. The second-order valence-electron chi connectivity index (χ2n) is 19.1. The standard InChI is InChI=1S/C50H76N14O11/c1-28(2)25-36(62-47(73)41(53)29(3)65)48(74)63(4)38(27-31-15-9-6-10-16-31)46(72)60-34(20-22-40(52)67)49(75)64-24-12-18-37(64)45(71)59-33(19-21-39(51)66)44(70)58-32(17-11-23-57-50(55)56)43(69)61-35(42(54)68)26-30-13-7-5-8-14-30/h5-10,13-16,28-29,32-38,41,65H,11-12,17-27,53H2,1-4H3,(H2,51,66)(H2,52,67)(H2,54,68)(H,58,70)(H,59,71)(H,60,72)(H,61,69)(H,62,73)(H4,55,56,57)/t29-,32+,33+,34+,35+,36-,37+,38+,41+/m1/s1. The fourth-order valence-electron chi connectivity index (χ4n) is 8.35. The molecule has 1 fully saturated rings. The Balaban J connectivity index is 1.93. The van der Waals surface area contributed by atoms with Crippen molar-refractivity contribution in [3.8, 4) is 0 Å². The van der Waals surface area contributed by atoms with Crippen molar-refractivity contribution >= 4 is 65.0 Å². The van der Waals surface area contributed by atoms with Gasteiger partial charge in [-0.25, -0.2) is 0 Å². The number of aliphatic hydroxyl groups is 1. The van der Waals surface area contributed by atoms with E-state index in [-0.39, 0.29) is 89.2 Å². The van der Waals surface area contributed by atoms with Crippen molar-refractivity contribution in [2.24, 2.45) is 45.3 Å². The summed E-state index contributed by atoms with van der Waals surface area (Å²) in [4.78, 5) is 142. The highest BCUT2D eigenvalue weighted by molar-refractivity contribution is 5.98.